The molecule has 1 N–H and O–H groups in total. The topological polar surface area (TPSA) is 57.7 Å². The van der Waals surface area contributed by atoms with E-state index in [1.54, 1.807) is 6.20 Å². The van der Waals surface area contributed by atoms with Crippen LogP contribution in [0.15, 0.2) is 12.4 Å². The monoisotopic (exact) mass is 259 g/mol. The first-order valence-corrected chi connectivity index (χ1v) is 7.20. The molecular weight excluding hydrogens is 238 g/mol. The second kappa shape index (κ2) is 5.55. The summed E-state index contributed by atoms with van der Waals surface area (Å²) >= 11 is 0. The van der Waals surface area contributed by atoms with E-state index in [-0.39, 0.29) is 0 Å². The lowest BCUT2D eigenvalue weighted by atomic mass is 10.0. The number of H-pyrrole nitrogens is 1. The summed E-state index contributed by atoms with van der Waals surface area (Å²) in [5, 5.41) is 7.82. The predicted molar refractivity (Wildman–Crippen MR) is 76.1 cm³/mol. The van der Waals surface area contributed by atoms with E-state index >= 15 is 0 Å². The molecular formula is C14H21N5. The molecule has 3 rings (SSSR count). The second-order valence-electron chi connectivity index (χ2n) is 5.56. The highest BCUT2D eigenvalue weighted by molar-refractivity contribution is 5.73. The van der Waals surface area contributed by atoms with Gasteiger partial charge in [-0.2, -0.15) is 10.1 Å². The molecule has 2 heterocycles. The lowest BCUT2D eigenvalue weighted by molar-refractivity contribution is 0.484. The quantitative estimate of drug-likeness (QED) is 0.897. The van der Waals surface area contributed by atoms with Crippen LogP contribution in [-0.2, 0) is 0 Å². The summed E-state index contributed by atoms with van der Waals surface area (Å²) in [7, 11) is 2.06. The Bertz CT molecular complexity index is 529. The Balaban J connectivity index is 1.55. The van der Waals surface area contributed by atoms with Gasteiger partial charge in [0.1, 0.15) is 0 Å². The average Bonchev–Trinajstić information content (AvgIpc) is 3.08. The summed E-state index contributed by atoms with van der Waals surface area (Å²) < 4.78 is 0. The summed E-state index contributed by atoms with van der Waals surface area (Å²) in [6, 6.07) is 0. The molecule has 0 amide bonds. The van der Waals surface area contributed by atoms with Crippen LogP contribution in [0.4, 0.5) is 5.95 Å². The summed E-state index contributed by atoms with van der Waals surface area (Å²) in [5.74, 6) is 1.74. The van der Waals surface area contributed by atoms with Crippen LogP contribution in [0.1, 0.15) is 38.5 Å². The van der Waals surface area contributed by atoms with Gasteiger partial charge in [-0.1, -0.05) is 25.7 Å². The molecule has 1 fully saturated rings. The smallest absolute Gasteiger partial charge is 0.227 e. The SMILES string of the molecule is CN(CCCC1CCCC1)c1ncc2cn[nH]c2n1. The van der Waals surface area contributed by atoms with Crippen LogP contribution in [0, 0.1) is 5.92 Å². The van der Waals surface area contributed by atoms with Gasteiger partial charge in [0.25, 0.3) is 0 Å². The highest BCUT2D eigenvalue weighted by atomic mass is 15.3. The van der Waals surface area contributed by atoms with Crippen LogP contribution in [0.2, 0.25) is 0 Å². The third-order valence-corrected chi connectivity index (χ3v) is 4.10. The van der Waals surface area contributed by atoms with Crippen LogP contribution in [0.25, 0.3) is 11.0 Å². The molecule has 0 unspecified atom stereocenters. The maximum Gasteiger partial charge on any atom is 0.227 e. The highest BCUT2D eigenvalue weighted by Gasteiger charge is 2.15. The molecule has 0 bridgehead atoms. The fraction of sp³-hybridized carbons (Fsp3) is 0.643. The third-order valence-electron chi connectivity index (χ3n) is 4.10. The van der Waals surface area contributed by atoms with Gasteiger partial charge in [-0.3, -0.25) is 5.10 Å². The van der Waals surface area contributed by atoms with E-state index in [1.165, 1.54) is 38.5 Å². The van der Waals surface area contributed by atoms with Crippen LogP contribution in [0.5, 0.6) is 0 Å². The second-order valence-corrected chi connectivity index (χ2v) is 5.56. The zero-order chi connectivity index (χ0) is 13.1. The minimum absolute atomic E-state index is 0.781. The van der Waals surface area contributed by atoms with E-state index in [0.717, 1.165) is 29.4 Å². The molecule has 1 aliphatic carbocycles. The minimum atomic E-state index is 0.781. The van der Waals surface area contributed by atoms with Crippen molar-refractivity contribution in [1.82, 2.24) is 20.2 Å². The van der Waals surface area contributed by atoms with E-state index in [9.17, 15) is 0 Å². The first-order chi connectivity index (χ1) is 9.33. The number of fused-ring (bicyclic) bond motifs is 1. The van der Waals surface area contributed by atoms with Gasteiger partial charge in [-0.05, 0) is 18.8 Å². The van der Waals surface area contributed by atoms with Crippen molar-refractivity contribution < 1.29 is 0 Å². The molecule has 1 saturated carbocycles. The largest absolute Gasteiger partial charge is 0.344 e. The Morgan fingerprint density at radius 1 is 1.32 bits per heavy atom. The molecule has 0 aliphatic heterocycles. The van der Waals surface area contributed by atoms with Crippen LogP contribution >= 0.6 is 0 Å². The molecule has 0 spiro atoms. The van der Waals surface area contributed by atoms with Crippen molar-refractivity contribution in [2.45, 2.75) is 38.5 Å². The molecule has 2 aromatic rings. The van der Waals surface area contributed by atoms with E-state index in [4.69, 9.17) is 0 Å². The summed E-state index contributed by atoms with van der Waals surface area (Å²) in [6.45, 7) is 1.02. The highest BCUT2D eigenvalue weighted by Crippen LogP contribution is 2.28. The van der Waals surface area contributed by atoms with Crippen molar-refractivity contribution in [3.63, 3.8) is 0 Å². The minimum Gasteiger partial charge on any atom is -0.344 e. The van der Waals surface area contributed by atoms with Gasteiger partial charge < -0.3 is 4.90 Å². The normalized spacial score (nSPS) is 16.3. The fourth-order valence-electron chi connectivity index (χ4n) is 2.93. The number of aromatic amines is 1. The predicted octanol–water partition coefficient (Wildman–Crippen LogP) is 2.76. The molecule has 0 saturated heterocycles. The first-order valence-electron chi connectivity index (χ1n) is 7.20. The number of rotatable bonds is 5. The van der Waals surface area contributed by atoms with Crippen molar-refractivity contribution in [2.24, 2.45) is 5.92 Å². The molecule has 0 aromatic carbocycles. The van der Waals surface area contributed by atoms with Gasteiger partial charge in [0.15, 0.2) is 5.65 Å². The Hall–Kier alpha value is -1.65. The number of hydrogen-bond acceptors (Lipinski definition) is 4. The van der Waals surface area contributed by atoms with Crippen molar-refractivity contribution in [1.29, 1.82) is 0 Å². The van der Waals surface area contributed by atoms with Gasteiger partial charge in [0.05, 0.1) is 11.6 Å². The number of hydrogen-bond donors (Lipinski definition) is 1. The van der Waals surface area contributed by atoms with Crippen LogP contribution < -0.4 is 4.90 Å². The van der Waals surface area contributed by atoms with Gasteiger partial charge in [0, 0.05) is 19.8 Å². The van der Waals surface area contributed by atoms with E-state index in [0.29, 0.717) is 0 Å². The Kier molecular flexibility index (Phi) is 3.62. The number of nitrogens with one attached hydrogen (secondary N) is 1. The molecule has 0 radical (unpaired) electrons. The van der Waals surface area contributed by atoms with E-state index in [2.05, 4.69) is 32.1 Å². The van der Waals surface area contributed by atoms with E-state index in [1.807, 2.05) is 6.20 Å². The van der Waals surface area contributed by atoms with Gasteiger partial charge in [-0.15, -0.1) is 0 Å². The summed E-state index contributed by atoms with van der Waals surface area (Å²) in [6.07, 6.45) is 11.9. The van der Waals surface area contributed by atoms with Crippen LogP contribution in [-0.4, -0.2) is 33.8 Å². The van der Waals surface area contributed by atoms with Crippen molar-refractivity contribution in [3.8, 4) is 0 Å². The van der Waals surface area contributed by atoms with Gasteiger partial charge >= 0.3 is 0 Å². The Labute approximate surface area is 113 Å². The van der Waals surface area contributed by atoms with Gasteiger partial charge in [0.2, 0.25) is 5.95 Å². The van der Waals surface area contributed by atoms with E-state index < -0.39 is 0 Å². The summed E-state index contributed by atoms with van der Waals surface area (Å²) in [4.78, 5) is 11.0. The van der Waals surface area contributed by atoms with Crippen molar-refractivity contribution >= 4 is 17.0 Å². The lowest BCUT2D eigenvalue weighted by Gasteiger charge is -2.17. The standard InChI is InChI=1S/C14H21N5/c1-19(8-4-7-11-5-2-3-6-11)14-15-9-12-10-16-18-13(12)17-14/h9-11H,2-8H2,1H3,(H,15,16,17,18). The van der Waals surface area contributed by atoms with Gasteiger partial charge in [-0.25, -0.2) is 4.98 Å². The molecule has 2 aromatic heterocycles. The molecule has 0 atom stereocenters. The molecule has 5 nitrogen and oxygen atoms in total. The summed E-state index contributed by atoms with van der Waals surface area (Å²) in [5.41, 5.74) is 0.813. The Morgan fingerprint density at radius 3 is 3.00 bits per heavy atom. The zero-order valence-corrected chi connectivity index (χ0v) is 11.5. The molecule has 102 valence electrons. The number of nitrogens with zero attached hydrogens (tertiary/aromatic N) is 4. The maximum absolute atomic E-state index is 4.48. The lowest BCUT2D eigenvalue weighted by Crippen LogP contribution is -2.21. The third kappa shape index (κ3) is 2.85. The zero-order valence-electron chi connectivity index (χ0n) is 11.5. The molecule has 5 heteroatoms. The molecule has 19 heavy (non-hydrogen) atoms. The average molecular weight is 259 g/mol. The van der Waals surface area contributed by atoms with Crippen molar-refractivity contribution in [2.75, 3.05) is 18.5 Å². The maximum atomic E-state index is 4.48. The molecule has 1 aliphatic rings. The van der Waals surface area contributed by atoms with Crippen LogP contribution in [0.3, 0.4) is 0 Å². The fourth-order valence-corrected chi connectivity index (χ4v) is 2.93. The number of aromatic nitrogens is 4. The first kappa shape index (κ1) is 12.4. The number of anilines is 1. The van der Waals surface area contributed by atoms with Crippen molar-refractivity contribution in [3.05, 3.63) is 12.4 Å². The Morgan fingerprint density at radius 2 is 2.16 bits per heavy atom.